The van der Waals surface area contributed by atoms with E-state index in [-0.39, 0.29) is 17.9 Å². The van der Waals surface area contributed by atoms with Crippen molar-refractivity contribution in [2.75, 3.05) is 0 Å². The van der Waals surface area contributed by atoms with Crippen molar-refractivity contribution in [1.29, 1.82) is 0 Å². The first-order chi connectivity index (χ1) is 10.5. The molecule has 0 spiro atoms. The number of hydrogen-bond acceptors (Lipinski definition) is 3. The zero-order chi connectivity index (χ0) is 15.7. The van der Waals surface area contributed by atoms with Gasteiger partial charge in [-0.05, 0) is 42.5 Å². The Bertz CT molecular complexity index is 785. The standard InChI is InChI=1S/C16H15FN2O3/c17-13-3-1-2-10(6-13)9-19-15(20)8-12-7-11(16(21)22)4-5-14(12)18-19/h1-3,6,8,11H,4-5,7,9H2,(H,21,22)/t11-/m0/s1. The number of fused-ring (bicyclic) bond motifs is 1. The van der Waals surface area contributed by atoms with Crippen LogP contribution in [0.15, 0.2) is 35.1 Å². The van der Waals surface area contributed by atoms with Crippen molar-refractivity contribution in [3.05, 3.63) is 63.3 Å². The van der Waals surface area contributed by atoms with Gasteiger partial charge in [0.2, 0.25) is 0 Å². The highest BCUT2D eigenvalue weighted by Gasteiger charge is 2.25. The third kappa shape index (κ3) is 2.90. The summed E-state index contributed by atoms with van der Waals surface area (Å²) >= 11 is 0. The normalized spacial score (nSPS) is 17.0. The molecule has 1 aliphatic rings. The van der Waals surface area contributed by atoms with Crippen LogP contribution < -0.4 is 5.56 Å². The van der Waals surface area contributed by atoms with E-state index in [1.807, 2.05) is 0 Å². The van der Waals surface area contributed by atoms with E-state index in [9.17, 15) is 14.0 Å². The summed E-state index contributed by atoms with van der Waals surface area (Å²) in [4.78, 5) is 23.2. The van der Waals surface area contributed by atoms with Crippen LogP contribution in [-0.4, -0.2) is 20.9 Å². The van der Waals surface area contributed by atoms with E-state index < -0.39 is 11.9 Å². The molecular weight excluding hydrogens is 287 g/mol. The fourth-order valence-corrected chi connectivity index (χ4v) is 2.76. The summed E-state index contributed by atoms with van der Waals surface area (Å²) in [6, 6.07) is 7.49. The second kappa shape index (κ2) is 5.71. The average molecular weight is 302 g/mol. The van der Waals surface area contributed by atoms with Crippen LogP contribution >= 0.6 is 0 Å². The number of carbonyl (C=O) groups is 1. The van der Waals surface area contributed by atoms with Crippen LogP contribution in [0.4, 0.5) is 4.39 Å². The van der Waals surface area contributed by atoms with Gasteiger partial charge in [0.1, 0.15) is 5.82 Å². The zero-order valence-corrected chi connectivity index (χ0v) is 11.8. The molecule has 0 amide bonds. The average Bonchev–Trinajstić information content (AvgIpc) is 2.47. The molecule has 0 fully saturated rings. The highest BCUT2D eigenvalue weighted by atomic mass is 19.1. The van der Waals surface area contributed by atoms with E-state index in [0.29, 0.717) is 30.4 Å². The predicted octanol–water partition coefficient (Wildman–Crippen LogP) is 1.62. The molecule has 0 saturated carbocycles. The summed E-state index contributed by atoms with van der Waals surface area (Å²) in [5.41, 5.74) is 1.83. The number of halogens is 1. The molecule has 0 unspecified atom stereocenters. The second-order valence-electron chi connectivity index (χ2n) is 5.52. The summed E-state index contributed by atoms with van der Waals surface area (Å²) in [5, 5.41) is 13.4. The molecule has 6 heteroatoms. The van der Waals surface area contributed by atoms with Gasteiger partial charge in [0, 0.05) is 6.07 Å². The van der Waals surface area contributed by atoms with Crippen molar-refractivity contribution in [3.63, 3.8) is 0 Å². The summed E-state index contributed by atoms with van der Waals surface area (Å²) < 4.78 is 14.5. The van der Waals surface area contributed by atoms with E-state index in [4.69, 9.17) is 5.11 Å². The fraction of sp³-hybridized carbons (Fsp3) is 0.312. The number of aryl methyl sites for hydroxylation is 1. The van der Waals surface area contributed by atoms with Crippen LogP contribution in [0.3, 0.4) is 0 Å². The Morgan fingerprint density at radius 3 is 2.95 bits per heavy atom. The minimum Gasteiger partial charge on any atom is -0.481 e. The van der Waals surface area contributed by atoms with Gasteiger partial charge in [0.25, 0.3) is 5.56 Å². The molecule has 3 rings (SSSR count). The van der Waals surface area contributed by atoms with Gasteiger partial charge < -0.3 is 5.11 Å². The molecule has 0 bridgehead atoms. The van der Waals surface area contributed by atoms with Gasteiger partial charge in [-0.3, -0.25) is 9.59 Å². The summed E-state index contributed by atoms with van der Waals surface area (Å²) in [7, 11) is 0. The van der Waals surface area contributed by atoms with E-state index in [1.165, 1.54) is 22.9 Å². The largest absolute Gasteiger partial charge is 0.481 e. The van der Waals surface area contributed by atoms with Crippen LogP contribution in [0.5, 0.6) is 0 Å². The van der Waals surface area contributed by atoms with Crippen molar-refractivity contribution in [2.45, 2.75) is 25.8 Å². The monoisotopic (exact) mass is 302 g/mol. The SMILES string of the molecule is O=C(O)[C@H]1CCc2nn(Cc3cccc(F)c3)c(=O)cc2C1. The quantitative estimate of drug-likeness (QED) is 0.935. The summed E-state index contributed by atoms with van der Waals surface area (Å²) in [6.07, 6.45) is 1.40. The van der Waals surface area contributed by atoms with Gasteiger partial charge in [-0.15, -0.1) is 0 Å². The number of benzene rings is 1. The molecule has 5 nitrogen and oxygen atoms in total. The van der Waals surface area contributed by atoms with Gasteiger partial charge in [0.15, 0.2) is 0 Å². The van der Waals surface area contributed by atoms with Crippen molar-refractivity contribution < 1.29 is 14.3 Å². The predicted molar refractivity (Wildman–Crippen MR) is 77.1 cm³/mol. The van der Waals surface area contributed by atoms with E-state index >= 15 is 0 Å². The molecule has 1 aliphatic carbocycles. The minimum absolute atomic E-state index is 0.201. The molecule has 1 aromatic carbocycles. The first kappa shape index (κ1) is 14.4. The number of hydrogen-bond donors (Lipinski definition) is 1. The van der Waals surface area contributed by atoms with Crippen LogP contribution in [-0.2, 0) is 24.2 Å². The lowest BCUT2D eigenvalue weighted by molar-refractivity contribution is -0.142. The molecule has 2 aromatic rings. The lowest BCUT2D eigenvalue weighted by Gasteiger charge is -2.21. The summed E-state index contributed by atoms with van der Waals surface area (Å²) in [5.74, 6) is -1.64. The summed E-state index contributed by atoms with van der Waals surface area (Å²) in [6.45, 7) is 0.201. The van der Waals surface area contributed by atoms with Crippen molar-refractivity contribution in [2.24, 2.45) is 5.92 Å². The van der Waals surface area contributed by atoms with Crippen LogP contribution in [0.2, 0.25) is 0 Å². The van der Waals surface area contributed by atoms with Crippen LogP contribution in [0.25, 0.3) is 0 Å². The number of nitrogens with zero attached hydrogens (tertiary/aromatic N) is 2. The highest BCUT2D eigenvalue weighted by molar-refractivity contribution is 5.70. The smallest absolute Gasteiger partial charge is 0.306 e. The molecular formula is C16H15FN2O3. The molecule has 1 aromatic heterocycles. The van der Waals surface area contributed by atoms with Gasteiger partial charge in [-0.25, -0.2) is 9.07 Å². The molecule has 0 radical (unpaired) electrons. The maximum absolute atomic E-state index is 13.2. The Kier molecular flexibility index (Phi) is 3.75. The van der Waals surface area contributed by atoms with Crippen molar-refractivity contribution in [1.82, 2.24) is 9.78 Å². The van der Waals surface area contributed by atoms with E-state index in [2.05, 4.69) is 5.10 Å². The fourth-order valence-electron chi connectivity index (χ4n) is 2.76. The number of rotatable bonds is 3. The Balaban J connectivity index is 1.89. The van der Waals surface area contributed by atoms with Crippen LogP contribution in [0.1, 0.15) is 23.2 Å². The molecule has 0 aliphatic heterocycles. The van der Waals surface area contributed by atoms with Crippen molar-refractivity contribution >= 4 is 5.97 Å². The second-order valence-corrected chi connectivity index (χ2v) is 5.52. The van der Waals surface area contributed by atoms with Crippen LogP contribution in [0, 0.1) is 11.7 Å². The Labute approximate surface area is 126 Å². The molecule has 1 atom stereocenters. The Morgan fingerprint density at radius 1 is 1.41 bits per heavy atom. The maximum Gasteiger partial charge on any atom is 0.306 e. The molecule has 0 saturated heterocycles. The highest BCUT2D eigenvalue weighted by Crippen LogP contribution is 2.23. The first-order valence-corrected chi connectivity index (χ1v) is 7.10. The maximum atomic E-state index is 13.2. The Morgan fingerprint density at radius 2 is 2.23 bits per heavy atom. The number of aromatic nitrogens is 2. The van der Waals surface area contributed by atoms with Crippen molar-refractivity contribution in [3.8, 4) is 0 Å². The van der Waals surface area contributed by atoms with Gasteiger partial charge >= 0.3 is 5.97 Å². The lowest BCUT2D eigenvalue weighted by Crippen LogP contribution is -2.30. The minimum atomic E-state index is -0.838. The number of carboxylic acid groups (broad SMARTS) is 1. The van der Waals surface area contributed by atoms with E-state index in [0.717, 1.165) is 5.69 Å². The first-order valence-electron chi connectivity index (χ1n) is 7.10. The number of carboxylic acids is 1. The molecule has 114 valence electrons. The number of aliphatic carboxylic acids is 1. The van der Waals surface area contributed by atoms with E-state index in [1.54, 1.807) is 12.1 Å². The lowest BCUT2D eigenvalue weighted by atomic mass is 9.87. The van der Waals surface area contributed by atoms with Gasteiger partial charge in [0.05, 0.1) is 18.2 Å². The third-order valence-electron chi connectivity index (χ3n) is 3.93. The van der Waals surface area contributed by atoms with Gasteiger partial charge in [-0.2, -0.15) is 5.10 Å². The molecule has 1 heterocycles. The third-order valence-corrected chi connectivity index (χ3v) is 3.93. The topological polar surface area (TPSA) is 72.2 Å². The molecule has 22 heavy (non-hydrogen) atoms. The van der Waals surface area contributed by atoms with Gasteiger partial charge in [-0.1, -0.05) is 12.1 Å². The zero-order valence-electron chi connectivity index (χ0n) is 11.8. The Hall–Kier alpha value is -2.50. The molecule has 1 N–H and O–H groups in total.